The predicted octanol–water partition coefficient (Wildman–Crippen LogP) is 1.04. The number of nitrogens with one attached hydrogen (secondary N) is 2. The molecule has 0 spiro atoms. The molecule has 0 bridgehead atoms. The normalized spacial score (nSPS) is 16.8. The molecule has 2 aromatic carbocycles. The molecule has 0 amide bonds. The van der Waals surface area contributed by atoms with Crippen LogP contribution in [0.4, 0.5) is 0 Å². The van der Waals surface area contributed by atoms with Crippen molar-refractivity contribution in [2.24, 2.45) is 0 Å². The SMILES string of the molecule is CCC(NC(C)C(O)CC(CO)NCC(O)c1ccc(O)c(OC)c1)C(O)c1ccc(O)c(O)c1. The highest BCUT2D eigenvalue weighted by atomic mass is 16.5. The summed E-state index contributed by atoms with van der Waals surface area (Å²) < 4.78 is 5.06. The van der Waals surface area contributed by atoms with Crippen molar-refractivity contribution in [1.82, 2.24) is 10.6 Å². The topological polar surface area (TPSA) is 175 Å². The molecule has 196 valence electrons. The zero-order chi connectivity index (χ0) is 26.1. The Morgan fingerprint density at radius 1 is 0.914 bits per heavy atom. The maximum atomic E-state index is 10.7. The highest BCUT2D eigenvalue weighted by molar-refractivity contribution is 5.42. The number of methoxy groups -OCH3 is 1. The van der Waals surface area contributed by atoms with E-state index in [1.54, 1.807) is 13.0 Å². The van der Waals surface area contributed by atoms with E-state index in [-0.39, 0.29) is 42.6 Å². The molecule has 0 aliphatic rings. The van der Waals surface area contributed by atoms with E-state index < -0.39 is 36.4 Å². The van der Waals surface area contributed by atoms with Crippen LogP contribution in [0.1, 0.15) is 50.0 Å². The number of phenols is 3. The highest BCUT2D eigenvalue weighted by Crippen LogP contribution is 2.30. The molecule has 0 aromatic heterocycles. The van der Waals surface area contributed by atoms with Crippen LogP contribution < -0.4 is 15.4 Å². The molecule has 10 nitrogen and oxygen atoms in total. The Labute approximate surface area is 205 Å². The zero-order valence-electron chi connectivity index (χ0n) is 20.3. The Morgan fingerprint density at radius 3 is 2.17 bits per heavy atom. The van der Waals surface area contributed by atoms with Crippen molar-refractivity contribution in [3.05, 3.63) is 47.5 Å². The van der Waals surface area contributed by atoms with Crippen LogP contribution in [0.15, 0.2) is 36.4 Å². The predicted molar refractivity (Wildman–Crippen MR) is 131 cm³/mol. The summed E-state index contributed by atoms with van der Waals surface area (Å²) in [5, 5.41) is 76.8. The smallest absolute Gasteiger partial charge is 0.160 e. The summed E-state index contributed by atoms with van der Waals surface area (Å²) in [4.78, 5) is 0. The lowest BCUT2D eigenvalue weighted by Gasteiger charge is -2.31. The first-order chi connectivity index (χ1) is 16.6. The van der Waals surface area contributed by atoms with Crippen LogP contribution in [0.2, 0.25) is 0 Å². The average molecular weight is 495 g/mol. The van der Waals surface area contributed by atoms with Gasteiger partial charge in [-0.2, -0.15) is 0 Å². The molecule has 0 fully saturated rings. The van der Waals surface area contributed by atoms with Gasteiger partial charge in [-0.15, -0.1) is 0 Å². The molecule has 0 saturated heterocycles. The summed E-state index contributed by atoms with van der Waals surface area (Å²) in [6.07, 6.45) is -2.06. The number of aliphatic hydroxyl groups excluding tert-OH is 4. The van der Waals surface area contributed by atoms with Crippen molar-refractivity contribution < 1.29 is 40.5 Å². The van der Waals surface area contributed by atoms with E-state index in [9.17, 15) is 35.7 Å². The fourth-order valence-electron chi connectivity index (χ4n) is 3.85. The molecular formula is C25H38N2O8. The first kappa shape index (κ1) is 28.6. The van der Waals surface area contributed by atoms with Crippen molar-refractivity contribution in [3.63, 3.8) is 0 Å². The summed E-state index contributed by atoms with van der Waals surface area (Å²) in [5.74, 6) is -0.394. The monoisotopic (exact) mass is 494 g/mol. The van der Waals surface area contributed by atoms with Crippen LogP contribution in [-0.2, 0) is 0 Å². The lowest BCUT2D eigenvalue weighted by molar-refractivity contribution is 0.0667. The van der Waals surface area contributed by atoms with Crippen molar-refractivity contribution >= 4 is 0 Å². The minimum Gasteiger partial charge on any atom is -0.504 e. The first-order valence-electron chi connectivity index (χ1n) is 11.6. The molecule has 2 rings (SSSR count). The fourth-order valence-corrected chi connectivity index (χ4v) is 3.85. The second-order valence-corrected chi connectivity index (χ2v) is 8.70. The van der Waals surface area contributed by atoms with Crippen LogP contribution in [-0.4, -0.2) is 80.2 Å². The molecule has 35 heavy (non-hydrogen) atoms. The molecule has 0 aliphatic carbocycles. The third-order valence-corrected chi connectivity index (χ3v) is 6.15. The maximum Gasteiger partial charge on any atom is 0.160 e. The van der Waals surface area contributed by atoms with E-state index in [1.165, 1.54) is 37.4 Å². The maximum absolute atomic E-state index is 10.7. The van der Waals surface area contributed by atoms with Gasteiger partial charge in [-0.25, -0.2) is 0 Å². The second-order valence-electron chi connectivity index (χ2n) is 8.70. The number of hydrogen-bond donors (Lipinski definition) is 9. The van der Waals surface area contributed by atoms with Crippen LogP contribution >= 0.6 is 0 Å². The Bertz CT molecular complexity index is 928. The number of benzene rings is 2. The first-order valence-corrected chi connectivity index (χ1v) is 11.6. The Hall–Kier alpha value is -2.60. The van der Waals surface area contributed by atoms with Gasteiger partial charge in [-0.1, -0.05) is 19.1 Å². The average Bonchev–Trinajstić information content (AvgIpc) is 2.85. The summed E-state index contributed by atoms with van der Waals surface area (Å²) in [6.45, 7) is 3.48. The lowest BCUT2D eigenvalue weighted by atomic mass is 9.97. The highest BCUT2D eigenvalue weighted by Gasteiger charge is 2.26. The molecule has 9 N–H and O–H groups in total. The van der Waals surface area contributed by atoms with E-state index in [2.05, 4.69) is 10.6 Å². The molecule has 6 atom stereocenters. The second kappa shape index (κ2) is 13.5. The zero-order valence-corrected chi connectivity index (χ0v) is 20.3. The summed E-state index contributed by atoms with van der Waals surface area (Å²) in [7, 11) is 1.42. The van der Waals surface area contributed by atoms with E-state index in [0.29, 0.717) is 17.5 Å². The third-order valence-electron chi connectivity index (χ3n) is 6.15. The van der Waals surface area contributed by atoms with Gasteiger partial charge in [0.1, 0.15) is 0 Å². The number of phenolic OH excluding ortho intramolecular Hbond substituents is 3. The quantitative estimate of drug-likeness (QED) is 0.173. The molecule has 0 saturated carbocycles. The lowest BCUT2D eigenvalue weighted by Crippen LogP contribution is -2.48. The summed E-state index contributed by atoms with van der Waals surface area (Å²) in [5.41, 5.74) is 0.954. The number of aromatic hydroxyl groups is 3. The van der Waals surface area contributed by atoms with Crippen LogP contribution in [0.3, 0.4) is 0 Å². The van der Waals surface area contributed by atoms with Gasteiger partial charge in [0, 0.05) is 24.7 Å². The van der Waals surface area contributed by atoms with E-state index in [1.807, 2.05) is 6.92 Å². The van der Waals surface area contributed by atoms with Gasteiger partial charge in [0.05, 0.1) is 32.0 Å². The molecule has 0 aliphatic heterocycles. The number of ether oxygens (including phenoxy) is 1. The Morgan fingerprint density at radius 2 is 1.57 bits per heavy atom. The van der Waals surface area contributed by atoms with Gasteiger partial charge in [-0.3, -0.25) is 0 Å². The van der Waals surface area contributed by atoms with E-state index in [4.69, 9.17) is 4.74 Å². The van der Waals surface area contributed by atoms with Crippen LogP contribution in [0, 0.1) is 0 Å². The minimum atomic E-state index is -0.981. The molecular weight excluding hydrogens is 456 g/mol. The molecule has 2 aromatic rings. The largest absolute Gasteiger partial charge is 0.504 e. The number of hydrogen-bond acceptors (Lipinski definition) is 10. The number of aliphatic hydroxyl groups is 4. The fraction of sp³-hybridized carbons (Fsp3) is 0.520. The van der Waals surface area contributed by atoms with Crippen LogP contribution in [0.25, 0.3) is 0 Å². The van der Waals surface area contributed by atoms with Gasteiger partial charge >= 0.3 is 0 Å². The summed E-state index contributed by atoms with van der Waals surface area (Å²) >= 11 is 0. The van der Waals surface area contributed by atoms with E-state index in [0.717, 1.165) is 0 Å². The minimum absolute atomic E-state index is 0.0352. The van der Waals surface area contributed by atoms with Gasteiger partial charge in [0.25, 0.3) is 0 Å². The van der Waals surface area contributed by atoms with Crippen molar-refractivity contribution in [1.29, 1.82) is 0 Å². The Balaban J connectivity index is 1.92. The molecule has 10 heteroatoms. The van der Waals surface area contributed by atoms with Gasteiger partial charge in [0.2, 0.25) is 0 Å². The number of rotatable bonds is 14. The van der Waals surface area contributed by atoms with Crippen molar-refractivity contribution in [2.45, 2.75) is 63.1 Å². The molecule has 6 unspecified atom stereocenters. The molecule has 0 heterocycles. The van der Waals surface area contributed by atoms with Gasteiger partial charge in [0.15, 0.2) is 23.0 Å². The standard InChI is InChI=1S/C25H38N2O8/c1-4-18(25(34)16-6-7-19(29)22(32)9-16)27-14(2)21(31)11-17(13-28)26-12-23(33)15-5-8-20(30)24(10-15)35-3/h5-10,14,17-18,21,23,25-34H,4,11-13H2,1-3H3. The van der Waals surface area contributed by atoms with Crippen molar-refractivity contribution in [2.75, 3.05) is 20.3 Å². The van der Waals surface area contributed by atoms with Gasteiger partial charge in [-0.05, 0) is 55.2 Å². The molecule has 0 radical (unpaired) electrons. The van der Waals surface area contributed by atoms with Crippen molar-refractivity contribution in [3.8, 4) is 23.0 Å². The van der Waals surface area contributed by atoms with Gasteiger partial charge < -0.3 is 51.1 Å². The Kier molecular flexibility index (Phi) is 11.0. The third kappa shape index (κ3) is 7.96. The van der Waals surface area contributed by atoms with Crippen LogP contribution in [0.5, 0.6) is 23.0 Å². The summed E-state index contributed by atoms with van der Waals surface area (Å²) in [6, 6.07) is 7.27. The van der Waals surface area contributed by atoms with E-state index >= 15 is 0 Å².